The molecule has 1 atom stereocenters. The van der Waals surface area contributed by atoms with Crippen molar-refractivity contribution in [3.8, 4) is 0 Å². The van der Waals surface area contributed by atoms with Gasteiger partial charge in [-0.05, 0) is 73.2 Å². The third-order valence-electron chi connectivity index (χ3n) is 7.84. The number of nitrogens with one attached hydrogen (secondary N) is 1. The fourth-order valence-electron chi connectivity index (χ4n) is 5.72. The molecule has 2 fully saturated rings. The van der Waals surface area contributed by atoms with E-state index in [1.165, 1.54) is 44.2 Å². The number of rotatable bonds is 10. The van der Waals surface area contributed by atoms with Gasteiger partial charge < -0.3 is 9.74 Å². The van der Waals surface area contributed by atoms with Crippen molar-refractivity contribution < 1.29 is 8.82 Å². The summed E-state index contributed by atoms with van der Waals surface area (Å²) in [6.07, 6.45) is 6.42. The number of hydrogen-bond acceptors (Lipinski definition) is 2. The summed E-state index contributed by atoms with van der Waals surface area (Å²) in [5.41, 5.74) is 1.72. The molecule has 29 heavy (non-hydrogen) atoms. The van der Waals surface area contributed by atoms with Crippen LogP contribution in [0.4, 0.5) is 4.39 Å². The number of hydrogen-bond donors (Lipinski definition) is 1. The molecule has 1 aromatic carbocycles. The van der Waals surface area contributed by atoms with E-state index >= 15 is 0 Å². The van der Waals surface area contributed by atoms with Crippen LogP contribution in [0, 0.1) is 16.6 Å². The van der Waals surface area contributed by atoms with Crippen LogP contribution < -0.4 is 5.32 Å². The Morgan fingerprint density at radius 3 is 2.07 bits per heavy atom. The highest BCUT2D eigenvalue weighted by molar-refractivity contribution is 6.73. The van der Waals surface area contributed by atoms with Gasteiger partial charge in [0, 0.05) is 18.7 Å². The Hall–Kier alpha value is -0.133. The van der Waals surface area contributed by atoms with Gasteiger partial charge in [-0.3, -0.25) is 0 Å². The first-order valence-electron chi connectivity index (χ1n) is 11.2. The van der Waals surface area contributed by atoms with Crippen molar-refractivity contribution in [2.24, 2.45) is 10.8 Å². The monoisotopic (exact) mass is 459 g/mol. The van der Waals surface area contributed by atoms with Gasteiger partial charge in [0.2, 0.25) is 0 Å². The molecule has 3 rings (SSSR count). The fraction of sp³-hybridized carbons (Fsp3) is 0.739. The van der Waals surface area contributed by atoms with Crippen molar-refractivity contribution in [3.63, 3.8) is 0 Å². The van der Waals surface area contributed by atoms with Gasteiger partial charge in [0.1, 0.15) is 5.82 Å². The molecule has 2 bridgehead atoms. The zero-order chi connectivity index (χ0) is 21.3. The first-order chi connectivity index (χ1) is 13.7. The van der Waals surface area contributed by atoms with Crippen LogP contribution in [0.15, 0.2) is 12.1 Å². The highest BCUT2D eigenvalue weighted by Crippen LogP contribution is 2.60. The van der Waals surface area contributed by atoms with Gasteiger partial charge in [0.15, 0.2) is 8.32 Å². The second kappa shape index (κ2) is 9.16. The lowest BCUT2D eigenvalue weighted by Gasteiger charge is -2.35. The molecule has 2 aliphatic rings. The summed E-state index contributed by atoms with van der Waals surface area (Å²) in [6.45, 7) is 10.8. The maximum atomic E-state index is 13.8. The molecule has 0 aliphatic heterocycles. The van der Waals surface area contributed by atoms with Gasteiger partial charge in [-0.15, -0.1) is 0 Å². The van der Waals surface area contributed by atoms with Crippen LogP contribution in [-0.2, 0) is 4.43 Å². The molecule has 0 radical (unpaired) electrons. The second-order valence-corrected chi connectivity index (χ2v) is 15.3. The Bertz CT molecular complexity index is 686. The van der Waals surface area contributed by atoms with Crippen molar-refractivity contribution in [1.82, 2.24) is 5.32 Å². The van der Waals surface area contributed by atoms with Crippen molar-refractivity contribution in [3.05, 3.63) is 33.6 Å². The summed E-state index contributed by atoms with van der Waals surface area (Å²) in [4.78, 5) is 0. The molecule has 2 saturated carbocycles. The smallest absolute Gasteiger partial charge is 0.192 e. The minimum absolute atomic E-state index is 0.243. The number of fused-ring (bicyclic) bond motifs is 2. The summed E-state index contributed by atoms with van der Waals surface area (Å²) in [7, 11) is -1.89. The molecule has 0 heterocycles. The van der Waals surface area contributed by atoms with Crippen molar-refractivity contribution in [2.75, 3.05) is 13.1 Å². The normalized spacial score (nSPS) is 27.6. The maximum Gasteiger partial charge on any atom is 0.192 e. The largest absolute Gasteiger partial charge is 0.409 e. The average molecular weight is 461 g/mol. The molecule has 164 valence electrons. The topological polar surface area (TPSA) is 21.3 Å². The Balaban J connectivity index is 1.78. The first-order valence-corrected chi connectivity index (χ1v) is 14.5. The molecule has 1 aromatic rings. The predicted molar refractivity (Wildman–Crippen MR) is 124 cm³/mol. The highest BCUT2D eigenvalue weighted by atomic mass is 35.5. The van der Waals surface area contributed by atoms with Crippen LogP contribution in [0.1, 0.15) is 71.5 Å². The van der Waals surface area contributed by atoms with E-state index in [2.05, 4.69) is 33.0 Å². The van der Waals surface area contributed by atoms with E-state index in [0.717, 1.165) is 30.2 Å². The minimum Gasteiger partial charge on any atom is -0.409 e. The van der Waals surface area contributed by atoms with Crippen molar-refractivity contribution in [1.29, 1.82) is 0 Å². The lowest BCUT2D eigenvalue weighted by Crippen LogP contribution is -2.41. The molecule has 2 aliphatic carbocycles. The average Bonchev–Trinajstić information content (AvgIpc) is 3.18. The lowest BCUT2D eigenvalue weighted by atomic mass is 9.83. The third kappa shape index (κ3) is 5.03. The van der Waals surface area contributed by atoms with Crippen LogP contribution in [0.5, 0.6) is 0 Å². The van der Waals surface area contributed by atoms with Crippen LogP contribution in [0.2, 0.25) is 28.2 Å². The van der Waals surface area contributed by atoms with Crippen molar-refractivity contribution in [2.45, 2.75) is 84.0 Å². The van der Waals surface area contributed by atoms with Gasteiger partial charge in [-0.1, -0.05) is 50.9 Å². The molecule has 0 saturated heterocycles. The van der Waals surface area contributed by atoms with E-state index < -0.39 is 14.1 Å². The van der Waals surface area contributed by atoms with Gasteiger partial charge in [0.25, 0.3) is 0 Å². The maximum absolute atomic E-state index is 13.8. The van der Waals surface area contributed by atoms with E-state index in [4.69, 9.17) is 27.6 Å². The molecular weight excluding hydrogens is 424 g/mol. The van der Waals surface area contributed by atoms with Gasteiger partial charge in [0.05, 0.1) is 16.1 Å². The minimum atomic E-state index is -1.89. The van der Waals surface area contributed by atoms with Crippen molar-refractivity contribution >= 4 is 31.5 Å². The van der Waals surface area contributed by atoms with E-state index in [0.29, 0.717) is 27.4 Å². The number of benzene rings is 1. The van der Waals surface area contributed by atoms with Crippen LogP contribution >= 0.6 is 23.2 Å². The Labute approximate surface area is 187 Å². The summed E-state index contributed by atoms with van der Waals surface area (Å²) in [6, 6.07) is 5.86. The molecule has 0 spiro atoms. The SMILES string of the molecule is CC[Si](CC)(CC)OC(CNCC12CCC(C)(CC1)C2)c1c(Cl)cc(F)cc1Cl. The lowest BCUT2D eigenvalue weighted by molar-refractivity contribution is 0.175. The van der Waals surface area contributed by atoms with E-state index in [1.807, 2.05) is 0 Å². The van der Waals surface area contributed by atoms with E-state index in [9.17, 15) is 4.39 Å². The quantitative estimate of drug-likeness (QED) is 0.360. The fourth-order valence-corrected chi connectivity index (χ4v) is 9.22. The Morgan fingerprint density at radius 1 is 1.07 bits per heavy atom. The van der Waals surface area contributed by atoms with Crippen LogP contribution in [0.3, 0.4) is 0 Å². The summed E-state index contributed by atoms with van der Waals surface area (Å²) in [5, 5.41) is 4.43. The zero-order valence-electron chi connectivity index (χ0n) is 18.3. The summed E-state index contributed by atoms with van der Waals surface area (Å²) >= 11 is 12.9. The van der Waals surface area contributed by atoms with Gasteiger partial charge >= 0.3 is 0 Å². The standard InChI is InChI=1S/C23H36Cl2FNOSi/c1-5-29(6-2,7-3)28-20(21-18(24)12-17(26)13-19(21)25)14-27-16-23-10-8-22(4,15-23)9-11-23/h12-13,20,27H,5-11,14-16H2,1-4H3. The van der Waals surface area contributed by atoms with Crippen LogP contribution in [-0.4, -0.2) is 21.4 Å². The molecule has 6 heteroatoms. The third-order valence-corrected chi connectivity index (χ3v) is 13.1. The molecular formula is C23H36Cl2FNOSi. The summed E-state index contributed by atoms with van der Waals surface area (Å²) < 4.78 is 20.6. The molecule has 0 aromatic heterocycles. The van der Waals surface area contributed by atoms with Gasteiger partial charge in [-0.2, -0.15) is 0 Å². The Morgan fingerprint density at radius 2 is 1.62 bits per heavy atom. The first kappa shape index (κ1) is 23.5. The summed E-state index contributed by atoms with van der Waals surface area (Å²) in [5.74, 6) is -0.407. The van der Waals surface area contributed by atoms with Crippen LogP contribution in [0.25, 0.3) is 0 Å². The predicted octanol–water partition coefficient (Wildman–Crippen LogP) is 7.76. The zero-order valence-corrected chi connectivity index (χ0v) is 20.9. The van der Waals surface area contributed by atoms with Gasteiger partial charge in [-0.25, -0.2) is 4.39 Å². The molecule has 1 unspecified atom stereocenters. The number of halogens is 3. The van der Waals surface area contributed by atoms with E-state index in [1.54, 1.807) is 0 Å². The molecule has 1 N–H and O–H groups in total. The van der Waals surface area contributed by atoms with E-state index in [-0.39, 0.29) is 6.10 Å². The molecule has 0 amide bonds. The highest BCUT2D eigenvalue weighted by Gasteiger charge is 2.51. The Kier molecular flexibility index (Phi) is 7.43. The second-order valence-electron chi connectivity index (χ2n) is 9.75. The molecule has 2 nitrogen and oxygen atoms in total.